The molecule has 7 rings (SSSR count). The smallest absolute Gasteiger partial charge is 0.488 e. The fourth-order valence-corrected chi connectivity index (χ4v) is 5240. The molecule has 101 heavy (non-hydrogen) atoms. The zero-order valence-electron chi connectivity index (χ0n) is 47.3. The average molecular weight is 6200 g/mol. The van der Waals surface area contributed by atoms with Crippen molar-refractivity contribution in [3.05, 3.63) is 136 Å². The Bertz CT molecular complexity index is 3680. The van der Waals surface area contributed by atoms with Crippen molar-refractivity contribution in [2.24, 2.45) is 0 Å². The molecule has 13 nitrogen and oxygen atoms in total. The number of halogens is 45. The summed E-state index contributed by atoms with van der Waals surface area (Å²) in [6.45, 7) is 0. The second-order valence-electron chi connectivity index (χ2n) is 14.8. The van der Waals surface area contributed by atoms with Crippen LogP contribution in [0.2, 0.25) is 0 Å². The average Bonchev–Trinajstić information content (AvgIpc) is 1.70. The minimum absolute atomic E-state index is 0.0330. The predicted octanol–water partition coefficient (Wildman–Crippen LogP) is 36.8. The summed E-state index contributed by atoms with van der Waals surface area (Å²) in [6, 6.07) is 31.9. The van der Waals surface area contributed by atoms with E-state index in [9.17, 15) is 19.0 Å². The minimum atomic E-state index is -1.51. The third-order valence-electron chi connectivity index (χ3n) is 9.27. The normalized spacial score (nSPS) is 12.9. The van der Waals surface area contributed by atoms with Crippen molar-refractivity contribution in [3.63, 3.8) is 0 Å². The summed E-state index contributed by atoms with van der Waals surface area (Å²) in [4.78, 5) is 0. The number of fused-ring (bicyclic) bond motifs is 1. The van der Waals surface area contributed by atoms with Gasteiger partial charge >= 0.3 is 596 Å². The summed E-state index contributed by atoms with van der Waals surface area (Å²) < 4.78 is 47.5. The Morgan fingerprint density at radius 1 is 0.475 bits per heavy atom. The van der Waals surface area contributed by atoms with Gasteiger partial charge in [-0.15, -0.1) is 0 Å². The number of hydrogen-bond acceptors (Lipinski definition) is 13. The number of nitrogen functional groups attached to an aromatic ring is 1. The number of phenolic OH excluding ortho intramolecular Hbond substituents is 3. The van der Waals surface area contributed by atoms with Gasteiger partial charge < -0.3 is 49.8 Å². The molecule has 1 heterocycles. The molecule has 0 fully saturated rings. The largest absolute Gasteiger partial charge is 0.508 e. The van der Waals surface area contributed by atoms with Crippen LogP contribution in [0.1, 0.15) is 11.1 Å². The number of rotatable bonds is 22. The summed E-state index contributed by atoms with van der Waals surface area (Å²) in [6.07, 6.45) is 0. The van der Waals surface area contributed by atoms with Crippen molar-refractivity contribution in [2.45, 2.75) is 0 Å². The number of phenols is 3. The van der Waals surface area contributed by atoms with E-state index >= 15 is 0 Å². The number of anilines is 1. The first-order chi connectivity index (χ1) is 47.2. The first kappa shape index (κ1) is 122. The number of methoxy groups -OCH3 is 3. The fourth-order valence-electron chi connectivity index (χ4n) is 5.67. The van der Waals surface area contributed by atoms with E-state index in [4.69, 9.17) is 50.1 Å². The molecule has 0 aliphatic heterocycles. The molecule has 0 saturated carbocycles. The van der Waals surface area contributed by atoms with Crippen LogP contribution in [0.3, 0.4) is 0 Å². The van der Waals surface area contributed by atoms with E-state index in [-0.39, 0.29) is 150 Å². The van der Waals surface area contributed by atoms with Crippen LogP contribution in [0.25, 0.3) is 33.2 Å². The molecule has 0 unspecified atom stereocenters. The molecule has 0 saturated heterocycles. The zero-order valence-corrected chi connectivity index (χ0v) is 139. The van der Waals surface area contributed by atoms with E-state index in [0.29, 0.717) is 70.1 Å². The zero-order chi connectivity index (χ0) is 77.5. The Morgan fingerprint density at radius 3 is 1.16 bits per heavy atom. The quantitative estimate of drug-likeness (QED) is 0.0274. The third kappa shape index (κ3) is 49.1. The van der Waals surface area contributed by atoms with Crippen molar-refractivity contribution < 1.29 is 79.4 Å². The van der Waals surface area contributed by atoms with Crippen LogP contribution in [-0.4, -0.2) is 59.0 Å². The summed E-state index contributed by atoms with van der Waals surface area (Å²) in [5.41, 5.74) is 9.30. The molecule has 0 spiro atoms. The molecule has 0 aliphatic rings. The number of ether oxygens (including phenoxy) is 3. The van der Waals surface area contributed by atoms with Crippen LogP contribution in [0, 0.1) is 34.3 Å². The van der Waals surface area contributed by atoms with Crippen molar-refractivity contribution in [1.29, 1.82) is 10.5 Å². The van der Waals surface area contributed by atoms with Crippen LogP contribution >= 0.6 is 578 Å². The van der Waals surface area contributed by atoms with Crippen LogP contribution in [0.4, 0.5) is 14.6 Å². The molecule has 7 aromatic rings. The Hall–Kier alpha value is 23.4. The molecule has 59 heteroatoms. The standard InChI is InChI=1S/C14H10FNO2.C14H12N2O3.C8H5BrFNO.C6H7BO3.I19.I18.I5/c1-18-14-7-10(6-13(15)12(14)8-16)9-3-2-4-11(17)5-9;1-18-11-6-9(8-3-2-4-10(17)5-8)7-12-13(11)14(15)16-19-12;1-12-8-3-5(9)2-7(10)6(8)4-11;8-6-3-1-2-5(4-6)7(9)10;1-11-13(4)15(6)17(8)19(10)18(9)16(7)14(5)12(2)3;1-11(2)13(5)15(7)17(9)18(10)16(8)14(6)12(3)4;1-4-5(2)3/h2-7,17H,1H3;2-7,17H,1H3,(H2,15,16);2-3H,1H3;1-4,8-10H;;;/q;;;;-1;;-1. The maximum Gasteiger partial charge on any atom is 0.488 e. The molecule has 1 aromatic heterocycles. The predicted molar refractivity (Wildman–Crippen MR) is 781 cm³/mol. The van der Waals surface area contributed by atoms with E-state index in [1.807, 2.05) is 18.2 Å². The van der Waals surface area contributed by atoms with Crippen LogP contribution in [0.5, 0.6) is 34.5 Å². The van der Waals surface area contributed by atoms with Gasteiger partial charge in [-0.2, -0.15) is 10.5 Å². The van der Waals surface area contributed by atoms with Gasteiger partial charge in [-0.25, -0.2) is 8.78 Å². The molecule has 0 atom stereocenters. The van der Waals surface area contributed by atoms with Gasteiger partial charge in [0.15, 0.2) is 11.4 Å². The minimum Gasteiger partial charge on any atom is -0.508 e. The molecule has 0 bridgehead atoms. The first-order valence-corrected chi connectivity index (χ1v) is 268. The van der Waals surface area contributed by atoms with Crippen molar-refractivity contribution in [2.75, 3.05) is 27.1 Å². The molecule has 6 aromatic carbocycles. The van der Waals surface area contributed by atoms with Gasteiger partial charge in [-0.1, -0.05) is 57.5 Å². The number of nitriles is 2. The maximum atomic E-state index is 13.7. The van der Waals surface area contributed by atoms with Gasteiger partial charge in [0.2, 0.25) is 0 Å². The number of benzene rings is 6. The molecular weight excluding hydrogens is 6160 g/mol. The monoisotopic (exact) mass is 6200 g/mol. The summed E-state index contributed by atoms with van der Waals surface area (Å²) in [5.74, 6) is 0.415. The van der Waals surface area contributed by atoms with Crippen LogP contribution in [-0.2, 0) is 0 Å². The number of aromatic nitrogens is 1. The Kier molecular flexibility index (Phi) is 85.9. The van der Waals surface area contributed by atoms with Crippen molar-refractivity contribution >= 4 is 608 Å². The number of nitrogens with zero attached hydrogens (tertiary/aromatic N) is 3. The SMILES string of the molecule is COc1cc(-c2cccc(O)c2)cc(F)c1C#N.COc1cc(-c2cccc(O)c2)cc2onc(N)c12.COc1cc(Br)cc(F)c1C#N.II(I)I(I)I(I)I(I)I(I)I(I)I(I)I(I)I.I[I-]I(I)I.I[I-]I(I)I(I)I(I)I(I)I(I)I(I)I(I)I(I)I.OB(O)c1cccc(O)c1. The van der Waals surface area contributed by atoms with Gasteiger partial charge in [0.1, 0.15) is 74.8 Å². The molecule has 0 aliphatic carbocycles. The summed E-state index contributed by atoms with van der Waals surface area (Å²) in [7, 11) is -3.54. The Labute approximate surface area is 899 Å². The van der Waals surface area contributed by atoms with Gasteiger partial charge in [0, 0.05) is 4.47 Å². The summed E-state index contributed by atoms with van der Waals surface area (Å²) >= 11 is 72.3. The fraction of sp³-hybridized carbons (Fsp3) is 0.0714. The van der Waals surface area contributed by atoms with E-state index < -0.39 is 42.4 Å². The number of hydrogen-bond donors (Lipinski definition) is 6. The van der Waals surface area contributed by atoms with E-state index in [0.717, 1.165) is 11.1 Å². The topological polar surface area (TPSA) is 228 Å². The summed E-state index contributed by atoms with van der Waals surface area (Å²) in [5, 5.41) is 66.7. The van der Waals surface area contributed by atoms with Gasteiger partial charge in [0.25, 0.3) is 0 Å². The Morgan fingerprint density at radius 2 is 0.822 bits per heavy atom. The molecule has 0 radical (unpaired) electrons. The van der Waals surface area contributed by atoms with Gasteiger partial charge in [-0.3, -0.25) is 0 Å². The maximum absolute atomic E-state index is 13.7. The van der Waals surface area contributed by atoms with Crippen LogP contribution < -0.4 is 51.9 Å². The first-order valence-electron chi connectivity index (χ1n) is 22.5. The van der Waals surface area contributed by atoms with Gasteiger partial charge in [-0.05, 0) is 101 Å². The van der Waals surface area contributed by atoms with Crippen molar-refractivity contribution in [1.82, 2.24) is 5.16 Å². The molecular formula is C42H34BBrF2I42N4O9-2. The van der Waals surface area contributed by atoms with E-state index in [1.54, 1.807) is 67.8 Å². The van der Waals surface area contributed by atoms with Gasteiger partial charge in [0.05, 0.1) is 21.3 Å². The molecule has 0 amide bonds. The second-order valence-corrected chi connectivity index (χ2v) is 877. The van der Waals surface area contributed by atoms with E-state index in [2.05, 4.69) is 449 Å². The third-order valence-corrected chi connectivity index (χ3v) is 2490. The van der Waals surface area contributed by atoms with Crippen molar-refractivity contribution in [3.8, 4) is 68.9 Å². The second kappa shape index (κ2) is 70.9. The molecule has 596 valence electrons. The Balaban J connectivity index is 0.000000604. The van der Waals surface area contributed by atoms with Crippen LogP contribution in [0.15, 0.2) is 118 Å². The number of aromatic hydroxyl groups is 3. The number of nitrogens with two attached hydrogens (primary N) is 1. The molecule has 7 N–H and O–H groups in total. The van der Waals surface area contributed by atoms with E-state index in [1.165, 1.54) is 56.7 Å².